The number of carbonyl (C=O) groups excluding carboxylic acids is 1. The fraction of sp³-hybridized carbons (Fsp3) is 0.500. The quantitative estimate of drug-likeness (QED) is 0.746. The first kappa shape index (κ1) is 19.3. The van der Waals surface area contributed by atoms with E-state index in [0.717, 1.165) is 17.5 Å². The number of halogens is 1. The second-order valence-corrected chi connectivity index (χ2v) is 6.44. The number of amides is 1. The first-order valence-electron chi connectivity index (χ1n) is 7.53. The normalized spacial score (nSPS) is 13.6. The van der Waals surface area contributed by atoms with E-state index in [4.69, 9.17) is 5.73 Å². The molecule has 2 aromatic rings. The number of nitrogens with zero attached hydrogens (tertiary/aromatic N) is 1. The fourth-order valence-corrected chi connectivity index (χ4v) is 2.87. The minimum atomic E-state index is -0.457. The van der Waals surface area contributed by atoms with E-state index in [0.29, 0.717) is 12.5 Å². The van der Waals surface area contributed by atoms with Crippen molar-refractivity contribution < 1.29 is 4.79 Å². The average molecular weight is 341 g/mol. The Kier molecular flexibility index (Phi) is 6.41. The SMILES string of the molecule is CC(C)CC(C)(CN)NC(=O)Cn1c(=O)[nH]c2ccccc21.Cl. The lowest BCUT2D eigenvalue weighted by Gasteiger charge is -2.31. The Labute approximate surface area is 141 Å². The van der Waals surface area contributed by atoms with Gasteiger partial charge in [0.15, 0.2) is 0 Å². The van der Waals surface area contributed by atoms with Gasteiger partial charge in [-0.3, -0.25) is 9.36 Å². The highest BCUT2D eigenvalue weighted by atomic mass is 35.5. The van der Waals surface area contributed by atoms with E-state index in [9.17, 15) is 9.59 Å². The Morgan fingerprint density at radius 3 is 2.65 bits per heavy atom. The van der Waals surface area contributed by atoms with Gasteiger partial charge in [0.05, 0.1) is 11.0 Å². The summed E-state index contributed by atoms with van der Waals surface area (Å²) in [7, 11) is 0. The van der Waals surface area contributed by atoms with Gasteiger partial charge >= 0.3 is 5.69 Å². The molecule has 0 saturated carbocycles. The fourth-order valence-electron chi connectivity index (χ4n) is 2.87. The van der Waals surface area contributed by atoms with Crippen molar-refractivity contribution in [1.82, 2.24) is 14.9 Å². The number of hydrogen-bond acceptors (Lipinski definition) is 3. The lowest BCUT2D eigenvalue weighted by molar-refractivity contribution is -0.123. The molecule has 2 rings (SSSR count). The number of nitrogens with one attached hydrogen (secondary N) is 2. The lowest BCUT2D eigenvalue weighted by atomic mass is 9.91. The number of para-hydroxylation sites is 2. The Morgan fingerprint density at radius 1 is 1.39 bits per heavy atom. The van der Waals surface area contributed by atoms with Gasteiger partial charge in [-0.2, -0.15) is 0 Å². The lowest BCUT2D eigenvalue weighted by Crippen LogP contribution is -2.53. The third-order valence-electron chi connectivity index (χ3n) is 3.73. The number of hydrogen-bond donors (Lipinski definition) is 3. The summed E-state index contributed by atoms with van der Waals surface area (Å²) in [5.74, 6) is 0.213. The molecule has 1 atom stereocenters. The zero-order valence-electron chi connectivity index (χ0n) is 13.8. The maximum atomic E-state index is 12.3. The second-order valence-electron chi connectivity index (χ2n) is 6.44. The van der Waals surface area contributed by atoms with Crippen LogP contribution in [0.2, 0.25) is 0 Å². The predicted molar refractivity (Wildman–Crippen MR) is 94.9 cm³/mol. The minimum Gasteiger partial charge on any atom is -0.348 e. The molecule has 0 saturated heterocycles. The molecule has 4 N–H and O–H groups in total. The standard InChI is InChI=1S/C16H24N4O2.ClH/c1-11(2)8-16(3,10-17)19-14(21)9-20-13-7-5-4-6-12(13)18-15(20)22;/h4-7,11H,8-10,17H2,1-3H3,(H,18,22)(H,19,21);1H. The summed E-state index contributed by atoms with van der Waals surface area (Å²) in [6.45, 7) is 6.45. The molecule has 1 unspecified atom stereocenters. The van der Waals surface area contributed by atoms with Gasteiger partial charge in [-0.15, -0.1) is 12.4 Å². The topological polar surface area (TPSA) is 92.9 Å². The predicted octanol–water partition coefficient (Wildman–Crippen LogP) is 1.63. The molecule has 1 heterocycles. The highest BCUT2D eigenvalue weighted by molar-refractivity contribution is 5.85. The average Bonchev–Trinajstić information content (AvgIpc) is 2.74. The van der Waals surface area contributed by atoms with Crippen LogP contribution in [0.3, 0.4) is 0 Å². The molecule has 0 bridgehead atoms. The highest BCUT2D eigenvalue weighted by Gasteiger charge is 2.26. The van der Waals surface area contributed by atoms with Gasteiger partial charge in [-0.25, -0.2) is 4.79 Å². The summed E-state index contributed by atoms with van der Waals surface area (Å²) >= 11 is 0. The summed E-state index contributed by atoms with van der Waals surface area (Å²) in [6, 6.07) is 7.31. The van der Waals surface area contributed by atoms with E-state index in [1.165, 1.54) is 4.57 Å². The maximum absolute atomic E-state index is 12.3. The highest BCUT2D eigenvalue weighted by Crippen LogP contribution is 2.15. The van der Waals surface area contributed by atoms with Crippen LogP contribution in [-0.4, -0.2) is 27.5 Å². The van der Waals surface area contributed by atoms with Gasteiger partial charge < -0.3 is 16.0 Å². The molecule has 6 nitrogen and oxygen atoms in total. The van der Waals surface area contributed by atoms with Crippen molar-refractivity contribution in [1.29, 1.82) is 0 Å². The van der Waals surface area contributed by atoms with E-state index in [1.54, 1.807) is 0 Å². The number of rotatable bonds is 6. The summed E-state index contributed by atoms with van der Waals surface area (Å²) in [5, 5.41) is 2.97. The van der Waals surface area contributed by atoms with Gasteiger partial charge in [0, 0.05) is 12.1 Å². The van der Waals surface area contributed by atoms with Crippen molar-refractivity contribution in [2.75, 3.05) is 6.54 Å². The summed E-state index contributed by atoms with van der Waals surface area (Å²) in [4.78, 5) is 27.1. The smallest absolute Gasteiger partial charge is 0.326 e. The molecule has 0 radical (unpaired) electrons. The number of imidazole rings is 1. The molecule has 1 aromatic carbocycles. The third-order valence-corrected chi connectivity index (χ3v) is 3.73. The van der Waals surface area contributed by atoms with Crippen molar-refractivity contribution in [2.45, 2.75) is 39.3 Å². The largest absolute Gasteiger partial charge is 0.348 e. The molecule has 0 aliphatic rings. The number of aromatic amines is 1. The van der Waals surface area contributed by atoms with E-state index in [1.807, 2.05) is 31.2 Å². The zero-order valence-corrected chi connectivity index (χ0v) is 14.6. The van der Waals surface area contributed by atoms with Gasteiger partial charge in [0.2, 0.25) is 5.91 Å². The van der Waals surface area contributed by atoms with Crippen molar-refractivity contribution in [2.24, 2.45) is 11.7 Å². The van der Waals surface area contributed by atoms with Crippen LogP contribution in [0.4, 0.5) is 0 Å². The van der Waals surface area contributed by atoms with Crippen LogP contribution in [0.15, 0.2) is 29.1 Å². The van der Waals surface area contributed by atoms with E-state index >= 15 is 0 Å². The van der Waals surface area contributed by atoms with Crippen LogP contribution >= 0.6 is 12.4 Å². The number of aromatic nitrogens is 2. The Hall–Kier alpha value is -1.79. The summed E-state index contributed by atoms with van der Waals surface area (Å²) < 4.78 is 1.44. The molecule has 128 valence electrons. The summed E-state index contributed by atoms with van der Waals surface area (Å²) in [5.41, 5.74) is 6.52. The third kappa shape index (κ3) is 4.59. The molecule has 1 aromatic heterocycles. The van der Waals surface area contributed by atoms with Crippen molar-refractivity contribution >= 4 is 29.3 Å². The van der Waals surface area contributed by atoms with Crippen molar-refractivity contribution in [3.63, 3.8) is 0 Å². The number of H-pyrrole nitrogens is 1. The number of carbonyl (C=O) groups is 1. The molecule has 0 aliphatic carbocycles. The molecule has 23 heavy (non-hydrogen) atoms. The molecule has 7 heteroatoms. The monoisotopic (exact) mass is 340 g/mol. The number of benzene rings is 1. The van der Waals surface area contributed by atoms with Gasteiger partial charge in [0.25, 0.3) is 0 Å². The second kappa shape index (κ2) is 7.66. The molecular weight excluding hydrogens is 316 g/mol. The molecule has 1 amide bonds. The van der Waals surface area contributed by atoms with Crippen LogP contribution < -0.4 is 16.7 Å². The Balaban J connectivity index is 0.00000264. The van der Waals surface area contributed by atoms with Crippen LogP contribution in [0.25, 0.3) is 11.0 Å². The van der Waals surface area contributed by atoms with Gasteiger partial charge in [0.1, 0.15) is 6.54 Å². The van der Waals surface area contributed by atoms with Crippen LogP contribution in [0.5, 0.6) is 0 Å². The van der Waals surface area contributed by atoms with Crippen LogP contribution in [-0.2, 0) is 11.3 Å². The minimum absolute atomic E-state index is 0. The van der Waals surface area contributed by atoms with Gasteiger partial charge in [-0.05, 0) is 31.4 Å². The summed E-state index contributed by atoms with van der Waals surface area (Å²) in [6.07, 6.45) is 0.790. The molecule has 0 aliphatic heterocycles. The number of fused-ring (bicyclic) bond motifs is 1. The van der Waals surface area contributed by atoms with Crippen molar-refractivity contribution in [3.8, 4) is 0 Å². The van der Waals surface area contributed by atoms with Crippen LogP contribution in [0, 0.1) is 5.92 Å². The van der Waals surface area contributed by atoms with Gasteiger partial charge in [-0.1, -0.05) is 26.0 Å². The molecule has 0 fully saturated rings. The maximum Gasteiger partial charge on any atom is 0.326 e. The first-order valence-corrected chi connectivity index (χ1v) is 7.53. The number of nitrogens with two attached hydrogens (primary N) is 1. The zero-order chi connectivity index (χ0) is 16.3. The van der Waals surface area contributed by atoms with E-state index < -0.39 is 5.54 Å². The van der Waals surface area contributed by atoms with E-state index in [2.05, 4.69) is 24.1 Å². The molecular formula is C16H25ClN4O2. The first-order chi connectivity index (χ1) is 10.3. The molecule has 0 spiro atoms. The van der Waals surface area contributed by atoms with Crippen LogP contribution in [0.1, 0.15) is 27.2 Å². The Morgan fingerprint density at radius 2 is 2.04 bits per heavy atom. The Bertz CT molecular complexity index is 722. The van der Waals surface area contributed by atoms with E-state index in [-0.39, 0.29) is 30.5 Å². The van der Waals surface area contributed by atoms with Crippen molar-refractivity contribution in [3.05, 3.63) is 34.7 Å².